The summed E-state index contributed by atoms with van der Waals surface area (Å²) in [5.74, 6) is 1.25. The van der Waals surface area contributed by atoms with E-state index in [1.165, 1.54) is 11.1 Å². The smallest absolute Gasteiger partial charge is 0.165 e. The van der Waals surface area contributed by atoms with E-state index in [2.05, 4.69) is 41.7 Å². The molecule has 0 spiro atoms. The van der Waals surface area contributed by atoms with E-state index in [1.807, 2.05) is 36.0 Å². The molecule has 1 N–H and O–H groups in total. The third-order valence-electron chi connectivity index (χ3n) is 4.71. The molecule has 0 aromatic heterocycles. The van der Waals surface area contributed by atoms with E-state index in [0.29, 0.717) is 12.2 Å². The summed E-state index contributed by atoms with van der Waals surface area (Å²) in [7, 11) is 0. The first-order valence-corrected chi connectivity index (χ1v) is 8.98. The maximum atomic E-state index is 12.7. The number of benzene rings is 2. The second-order valence-electron chi connectivity index (χ2n) is 6.19. The van der Waals surface area contributed by atoms with Gasteiger partial charge < -0.3 is 5.32 Å². The standard InChI is InChI=1S/C20H19NOS/c22-18-11-20(23-13-15-7-3-1-4-8-15)14-21-12-17(20)19(18)16-9-5-2-6-10-16/h1-10,21H,11-14H2. The molecule has 116 valence electrons. The number of carbonyl (C=O) groups excluding carboxylic acids is 1. The van der Waals surface area contributed by atoms with Crippen molar-refractivity contribution in [1.82, 2.24) is 5.32 Å². The first-order chi connectivity index (χ1) is 11.3. The molecular formula is C20H19NOS. The van der Waals surface area contributed by atoms with Crippen LogP contribution in [0.4, 0.5) is 0 Å². The van der Waals surface area contributed by atoms with Gasteiger partial charge in [0, 0.05) is 30.8 Å². The fraction of sp³-hybridized carbons (Fsp3) is 0.250. The van der Waals surface area contributed by atoms with Crippen LogP contribution >= 0.6 is 11.8 Å². The molecule has 1 fully saturated rings. The van der Waals surface area contributed by atoms with E-state index in [9.17, 15) is 4.79 Å². The minimum Gasteiger partial charge on any atom is -0.311 e. The Labute approximate surface area is 141 Å². The molecule has 1 atom stereocenters. The lowest BCUT2D eigenvalue weighted by molar-refractivity contribution is -0.113. The third-order valence-corrected chi connectivity index (χ3v) is 6.27. The highest BCUT2D eigenvalue weighted by Crippen LogP contribution is 2.49. The molecule has 1 unspecified atom stereocenters. The first-order valence-electron chi connectivity index (χ1n) is 7.99. The number of rotatable bonds is 4. The Morgan fingerprint density at radius 3 is 2.43 bits per heavy atom. The van der Waals surface area contributed by atoms with Gasteiger partial charge in [0.25, 0.3) is 0 Å². The summed E-state index contributed by atoms with van der Waals surface area (Å²) in [6.07, 6.45) is 0.622. The zero-order valence-electron chi connectivity index (χ0n) is 12.9. The molecule has 2 aliphatic rings. The van der Waals surface area contributed by atoms with Crippen LogP contribution in [-0.2, 0) is 10.5 Å². The van der Waals surface area contributed by atoms with Crippen molar-refractivity contribution in [3.05, 3.63) is 77.4 Å². The Hall–Kier alpha value is -1.84. The fourth-order valence-corrected chi connectivity index (χ4v) is 5.00. The first kappa shape index (κ1) is 14.7. The van der Waals surface area contributed by atoms with Gasteiger partial charge in [0.1, 0.15) is 0 Å². The predicted octanol–water partition coefficient (Wildman–Crippen LogP) is 3.69. The lowest BCUT2D eigenvalue weighted by atomic mass is 10.00. The summed E-state index contributed by atoms with van der Waals surface area (Å²) in [5.41, 5.74) is 4.64. The van der Waals surface area contributed by atoms with Crippen molar-refractivity contribution >= 4 is 23.1 Å². The van der Waals surface area contributed by atoms with Gasteiger partial charge in [-0.3, -0.25) is 4.79 Å². The van der Waals surface area contributed by atoms with Crippen LogP contribution in [0.25, 0.3) is 5.57 Å². The Bertz CT molecular complexity index is 754. The third kappa shape index (κ3) is 2.64. The molecule has 2 nitrogen and oxygen atoms in total. The number of Topliss-reactive ketones (excluding diaryl/α,β-unsaturated/α-hetero) is 1. The summed E-state index contributed by atoms with van der Waals surface area (Å²) >= 11 is 1.92. The van der Waals surface area contributed by atoms with Gasteiger partial charge in [-0.1, -0.05) is 60.7 Å². The zero-order valence-corrected chi connectivity index (χ0v) is 13.7. The summed E-state index contributed by atoms with van der Waals surface area (Å²) in [4.78, 5) is 12.7. The molecule has 2 aromatic rings. The van der Waals surface area contributed by atoms with E-state index in [0.717, 1.165) is 30.0 Å². The van der Waals surface area contributed by atoms with Crippen LogP contribution in [0, 0.1) is 0 Å². The lowest BCUT2D eigenvalue weighted by Crippen LogP contribution is -2.28. The van der Waals surface area contributed by atoms with E-state index in [-0.39, 0.29) is 4.75 Å². The molecule has 0 saturated carbocycles. The number of carbonyl (C=O) groups is 1. The lowest BCUT2D eigenvalue weighted by Gasteiger charge is -2.24. The highest BCUT2D eigenvalue weighted by atomic mass is 32.2. The van der Waals surface area contributed by atoms with Crippen LogP contribution in [0.2, 0.25) is 0 Å². The summed E-state index contributed by atoms with van der Waals surface area (Å²) in [5, 5.41) is 3.49. The van der Waals surface area contributed by atoms with Gasteiger partial charge in [-0.05, 0) is 16.7 Å². The molecular weight excluding hydrogens is 302 g/mol. The largest absolute Gasteiger partial charge is 0.311 e. The van der Waals surface area contributed by atoms with E-state index < -0.39 is 0 Å². The Balaban J connectivity index is 1.66. The molecule has 0 amide bonds. The molecule has 2 aromatic carbocycles. The van der Waals surface area contributed by atoms with Gasteiger partial charge >= 0.3 is 0 Å². The van der Waals surface area contributed by atoms with Crippen molar-refractivity contribution < 1.29 is 4.79 Å². The van der Waals surface area contributed by atoms with Crippen LogP contribution < -0.4 is 5.32 Å². The molecule has 3 heteroatoms. The Kier molecular flexibility index (Phi) is 3.83. The van der Waals surface area contributed by atoms with Crippen LogP contribution in [0.3, 0.4) is 0 Å². The highest BCUT2D eigenvalue weighted by molar-refractivity contribution is 8.00. The number of hydrogen-bond donors (Lipinski definition) is 1. The van der Waals surface area contributed by atoms with Crippen LogP contribution in [0.5, 0.6) is 0 Å². The Morgan fingerprint density at radius 2 is 1.70 bits per heavy atom. The second-order valence-corrected chi connectivity index (χ2v) is 7.55. The molecule has 1 saturated heterocycles. The summed E-state index contributed by atoms with van der Waals surface area (Å²) < 4.78 is -0.0574. The highest BCUT2D eigenvalue weighted by Gasteiger charge is 2.48. The van der Waals surface area contributed by atoms with Gasteiger partial charge in [-0.2, -0.15) is 0 Å². The van der Waals surface area contributed by atoms with Crippen molar-refractivity contribution in [1.29, 1.82) is 0 Å². The van der Waals surface area contributed by atoms with Crippen LogP contribution in [0.1, 0.15) is 17.5 Å². The molecule has 1 aliphatic carbocycles. The van der Waals surface area contributed by atoms with Crippen LogP contribution in [0.15, 0.2) is 66.2 Å². The van der Waals surface area contributed by atoms with Gasteiger partial charge in [0.15, 0.2) is 5.78 Å². The predicted molar refractivity (Wildman–Crippen MR) is 96.3 cm³/mol. The topological polar surface area (TPSA) is 29.1 Å². The quantitative estimate of drug-likeness (QED) is 0.931. The van der Waals surface area contributed by atoms with Crippen LogP contribution in [-0.4, -0.2) is 23.6 Å². The minimum atomic E-state index is -0.0574. The van der Waals surface area contributed by atoms with Crippen molar-refractivity contribution in [3.63, 3.8) is 0 Å². The van der Waals surface area contributed by atoms with E-state index in [1.54, 1.807) is 0 Å². The zero-order chi connectivity index (χ0) is 15.7. The van der Waals surface area contributed by atoms with Gasteiger partial charge in [0.05, 0.1) is 4.75 Å². The molecule has 0 bridgehead atoms. The normalized spacial score (nSPS) is 23.4. The average molecular weight is 321 g/mol. The molecule has 1 aliphatic heterocycles. The maximum absolute atomic E-state index is 12.7. The van der Waals surface area contributed by atoms with E-state index in [4.69, 9.17) is 0 Å². The SMILES string of the molecule is O=C1CC2(SCc3ccccc3)CNCC2=C1c1ccccc1. The molecule has 23 heavy (non-hydrogen) atoms. The van der Waals surface area contributed by atoms with Gasteiger partial charge in [0.2, 0.25) is 0 Å². The molecule has 1 heterocycles. The van der Waals surface area contributed by atoms with Crippen molar-refractivity contribution in [2.45, 2.75) is 16.9 Å². The van der Waals surface area contributed by atoms with Crippen molar-refractivity contribution in [2.75, 3.05) is 13.1 Å². The molecule has 0 radical (unpaired) electrons. The number of nitrogens with one attached hydrogen (secondary N) is 1. The molecule has 4 rings (SSSR count). The monoisotopic (exact) mass is 321 g/mol. The van der Waals surface area contributed by atoms with Crippen molar-refractivity contribution in [3.8, 4) is 0 Å². The Morgan fingerprint density at radius 1 is 1.00 bits per heavy atom. The van der Waals surface area contributed by atoms with Gasteiger partial charge in [-0.15, -0.1) is 11.8 Å². The number of allylic oxidation sites excluding steroid dienone is 1. The fourth-order valence-electron chi connectivity index (χ4n) is 3.58. The number of thioether (sulfide) groups is 1. The number of fused-ring (bicyclic) bond motifs is 1. The van der Waals surface area contributed by atoms with Crippen molar-refractivity contribution in [2.24, 2.45) is 0 Å². The number of ketones is 1. The second kappa shape index (κ2) is 5.99. The van der Waals surface area contributed by atoms with Gasteiger partial charge in [-0.25, -0.2) is 0 Å². The van der Waals surface area contributed by atoms with E-state index >= 15 is 0 Å². The maximum Gasteiger partial charge on any atom is 0.165 e. The summed E-state index contributed by atoms with van der Waals surface area (Å²) in [6.45, 7) is 1.72. The number of hydrogen-bond acceptors (Lipinski definition) is 3. The average Bonchev–Trinajstić information content (AvgIpc) is 3.10. The summed E-state index contributed by atoms with van der Waals surface area (Å²) in [6, 6.07) is 20.6. The minimum absolute atomic E-state index is 0.0574.